The van der Waals surface area contributed by atoms with E-state index in [0.717, 1.165) is 63.4 Å². The number of ether oxygens (including phenoxy) is 1. The molecule has 0 heterocycles. The predicted molar refractivity (Wildman–Crippen MR) is 182 cm³/mol. The Labute approximate surface area is 283 Å². The van der Waals surface area contributed by atoms with Gasteiger partial charge in [-0.2, -0.15) is 0 Å². The van der Waals surface area contributed by atoms with Crippen LogP contribution in [-0.4, -0.2) is 52.7 Å². The molecule has 264 valence electrons. The quantitative estimate of drug-likeness (QED) is 0.221. The number of ketones is 1. The first-order chi connectivity index (χ1) is 21.7. The van der Waals surface area contributed by atoms with E-state index in [2.05, 4.69) is 60.7 Å². The summed E-state index contributed by atoms with van der Waals surface area (Å²) < 4.78 is 6.18. The highest BCUT2D eigenvalue weighted by molar-refractivity contribution is 6.00. The molecule has 47 heavy (non-hydrogen) atoms. The first kappa shape index (κ1) is 35.1. The lowest BCUT2D eigenvalue weighted by atomic mass is 9.33. The van der Waals surface area contributed by atoms with Gasteiger partial charge in [0.1, 0.15) is 6.10 Å². The number of aliphatic carboxylic acids is 1. The molecule has 6 rings (SSSR count). The lowest BCUT2D eigenvalue weighted by Gasteiger charge is -2.71. The van der Waals surface area contributed by atoms with E-state index in [9.17, 15) is 24.6 Å². The fourth-order valence-electron chi connectivity index (χ4n) is 13.3. The summed E-state index contributed by atoms with van der Waals surface area (Å²) in [6.45, 7) is 22.3. The SMILES string of the molecule is CC(C)NCC(O)C12CC[C@]3(C)[C@H](CC[C@@H]4[C@@]5(C)CC[C@H](OC(=O)CC(C)(C)C(=O)O)C6(C)C[C@]65CC[C@]43C)C1=C(C(C)C)C(=O)C2. The summed E-state index contributed by atoms with van der Waals surface area (Å²) in [6.07, 6.45) is 8.85. The summed E-state index contributed by atoms with van der Waals surface area (Å²) in [5.41, 5.74) is 1.05. The van der Waals surface area contributed by atoms with Crippen molar-refractivity contribution in [2.24, 2.45) is 55.7 Å². The molecule has 0 aromatic rings. The molecule has 0 amide bonds. The van der Waals surface area contributed by atoms with Crippen LogP contribution in [-0.2, 0) is 19.1 Å². The number of carboxylic acid groups (broad SMARTS) is 1. The van der Waals surface area contributed by atoms with Gasteiger partial charge in [-0.15, -0.1) is 0 Å². The van der Waals surface area contributed by atoms with Gasteiger partial charge >= 0.3 is 11.9 Å². The second-order valence-electron chi connectivity index (χ2n) is 19.3. The van der Waals surface area contributed by atoms with Gasteiger partial charge in [-0.25, -0.2) is 0 Å². The smallest absolute Gasteiger partial charge is 0.309 e. The van der Waals surface area contributed by atoms with Gasteiger partial charge in [-0.05, 0) is 117 Å². The summed E-state index contributed by atoms with van der Waals surface area (Å²) in [5.74, 6) is -0.119. The van der Waals surface area contributed by atoms with Crippen molar-refractivity contribution in [2.75, 3.05) is 6.54 Å². The number of rotatable bonds is 9. The molecular weight excluding hydrogens is 590 g/mol. The van der Waals surface area contributed by atoms with Gasteiger partial charge in [-0.3, -0.25) is 14.4 Å². The molecular formula is C40H63NO6. The molecule has 6 aliphatic carbocycles. The van der Waals surface area contributed by atoms with Crippen molar-refractivity contribution >= 4 is 17.7 Å². The third kappa shape index (κ3) is 4.59. The van der Waals surface area contributed by atoms with Crippen molar-refractivity contribution in [1.82, 2.24) is 5.32 Å². The van der Waals surface area contributed by atoms with E-state index >= 15 is 0 Å². The topological polar surface area (TPSA) is 113 Å². The van der Waals surface area contributed by atoms with Crippen LogP contribution in [0.4, 0.5) is 0 Å². The van der Waals surface area contributed by atoms with E-state index in [0.29, 0.717) is 24.8 Å². The van der Waals surface area contributed by atoms with Crippen LogP contribution in [0, 0.1) is 55.7 Å². The number of hydrogen-bond acceptors (Lipinski definition) is 6. The maximum absolute atomic E-state index is 13.9. The normalized spacial score (nSPS) is 44.7. The Kier molecular flexibility index (Phi) is 8.13. The highest BCUT2D eigenvalue weighted by Crippen LogP contribution is 2.87. The van der Waals surface area contributed by atoms with Gasteiger partial charge < -0.3 is 20.3 Å². The van der Waals surface area contributed by atoms with Crippen LogP contribution >= 0.6 is 0 Å². The second-order valence-corrected chi connectivity index (χ2v) is 19.3. The van der Waals surface area contributed by atoms with Crippen LogP contribution in [0.25, 0.3) is 0 Å². The minimum Gasteiger partial charge on any atom is -0.481 e. The van der Waals surface area contributed by atoms with Crippen LogP contribution in [0.15, 0.2) is 11.1 Å². The molecule has 5 saturated carbocycles. The van der Waals surface area contributed by atoms with Gasteiger partial charge in [0.15, 0.2) is 5.78 Å². The number of fused-ring (bicyclic) bond motifs is 6. The summed E-state index contributed by atoms with van der Waals surface area (Å²) in [7, 11) is 0. The van der Waals surface area contributed by atoms with Gasteiger partial charge in [-0.1, -0.05) is 61.0 Å². The minimum atomic E-state index is -1.14. The molecule has 7 heteroatoms. The van der Waals surface area contributed by atoms with Crippen molar-refractivity contribution in [1.29, 1.82) is 0 Å². The molecule has 0 aromatic heterocycles. The number of carboxylic acids is 1. The Morgan fingerprint density at radius 2 is 1.57 bits per heavy atom. The predicted octanol–water partition coefficient (Wildman–Crippen LogP) is 7.49. The number of aliphatic hydroxyl groups excluding tert-OH is 1. The zero-order valence-corrected chi connectivity index (χ0v) is 31.0. The van der Waals surface area contributed by atoms with Crippen LogP contribution in [0.1, 0.15) is 140 Å². The average molecular weight is 654 g/mol. The van der Waals surface area contributed by atoms with Crippen LogP contribution in [0.2, 0.25) is 0 Å². The maximum atomic E-state index is 13.9. The first-order valence-electron chi connectivity index (χ1n) is 18.8. The third-order valence-electron chi connectivity index (χ3n) is 16.2. The minimum absolute atomic E-state index is 0.0341. The fraction of sp³-hybridized carbons (Fsp3) is 0.875. The van der Waals surface area contributed by atoms with Gasteiger partial charge in [0.25, 0.3) is 0 Å². The number of esters is 1. The number of carbonyl (C=O) groups excluding carboxylic acids is 2. The molecule has 0 radical (unpaired) electrons. The Bertz CT molecular complexity index is 1380. The van der Waals surface area contributed by atoms with Crippen molar-refractivity contribution in [3.8, 4) is 0 Å². The zero-order valence-electron chi connectivity index (χ0n) is 31.0. The van der Waals surface area contributed by atoms with E-state index in [-0.39, 0.29) is 63.3 Å². The Balaban J connectivity index is 1.30. The van der Waals surface area contributed by atoms with Crippen molar-refractivity contribution in [2.45, 2.75) is 158 Å². The number of aliphatic hydroxyl groups is 1. The average Bonchev–Trinajstić information content (AvgIpc) is 3.49. The Morgan fingerprint density at radius 3 is 2.19 bits per heavy atom. The van der Waals surface area contributed by atoms with Gasteiger partial charge in [0.05, 0.1) is 17.9 Å². The number of hydrogen-bond donors (Lipinski definition) is 3. The molecule has 5 fully saturated rings. The molecule has 0 bridgehead atoms. The fourth-order valence-corrected chi connectivity index (χ4v) is 13.3. The van der Waals surface area contributed by atoms with Crippen LogP contribution in [0.5, 0.6) is 0 Å². The summed E-state index contributed by atoms with van der Waals surface area (Å²) in [5, 5.41) is 25.0. The highest BCUT2D eigenvalue weighted by atomic mass is 16.5. The summed E-state index contributed by atoms with van der Waals surface area (Å²) >= 11 is 0. The maximum Gasteiger partial charge on any atom is 0.309 e. The summed E-state index contributed by atoms with van der Waals surface area (Å²) in [4.78, 5) is 38.6. The molecule has 1 spiro atoms. The van der Waals surface area contributed by atoms with Gasteiger partial charge in [0.2, 0.25) is 0 Å². The van der Waals surface area contributed by atoms with Crippen LogP contribution in [0.3, 0.4) is 0 Å². The second kappa shape index (κ2) is 10.9. The van der Waals surface area contributed by atoms with Crippen molar-refractivity contribution in [3.05, 3.63) is 11.1 Å². The lowest BCUT2D eigenvalue weighted by molar-refractivity contribution is -0.220. The Hall–Kier alpha value is -1.73. The molecule has 3 N–H and O–H groups in total. The van der Waals surface area contributed by atoms with E-state index in [1.807, 2.05) is 0 Å². The molecule has 0 aromatic carbocycles. The first-order valence-corrected chi connectivity index (χ1v) is 18.8. The lowest BCUT2D eigenvalue weighted by Crippen LogP contribution is -2.65. The van der Waals surface area contributed by atoms with Crippen molar-refractivity contribution < 1.29 is 29.3 Å². The molecule has 6 aliphatic rings. The molecule has 0 saturated heterocycles. The molecule has 7 nitrogen and oxygen atoms in total. The largest absolute Gasteiger partial charge is 0.481 e. The number of allylic oxidation sites excluding steroid dienone is 1. The molecule has 0 aliphatic heterocycles. The van der Waals surface area contributed by atoms with Crippen LogP contribution < -0.4 is 5.32 Å². The molecule has 10 atom stereocenters. The summed E-state index contributed by atoms with van der Waals surface area (Å²) in [6, 6.07) is 0.275. The van der Waals surface area contributed by atoms with E-state index in [4.69, 9.17) is 4.74 Å². The standard InChI is InChI=1S/C40H63NO6/c1-23(2)31-26(42)19-39(28(43)21-41-24(3)4)17-15-35(7)25(32(31)39)11-12-27-36(35,8)16-18-40-22-38(40,10)29(13-14-37(27,40)9)47-30(44)20-34(5,6)33(45)46/h23-25,27-29,41,43H,11-22H2,1-10H3,(H,45,46)/t25-,27+,28?,29+,35-,36-,37-,38?,39?,40+/m1/s1. The van der Waals surface area contributed by atoms with Gasteiger partial charge in [0, 0.05) is 29.8 Å². The Morgan fingerprint density at radius 1 is 0.915 bits per heavy atom. The monoisotopic (exact) mass is 653 g/mol. The molecule has 3 unspecified atom stereocenters. The number of Topliss-reactive ketones (excluding diaryl/α,β-unsaturated/α-hetero) is 1. The van der Waals surface area contributed by atoms with E-state index in [1.54, 1.807) is 13.8 Å². The third-order valence-corrected chi connectivity index (χ3v) is 16.2. The van der Waals surface area contributed by atoms with Crippen molar-refractivity contribution in [3.63, 3.8) is 0 Å². The number of nitrogens with one attached hydrogen (secondary N) is 1. The highest BCUT2D eigenvalue weighted by Gasteiger charge is 2.82. The van der Waals surface area contributed by atoms with E-state index < -0.39 is 22.9 Å². The number of carbonyl (C=O) groups is 3. The van der Waals surface area contributed by atoms with E-state index in [1.165, 1.54) is 5.57 Å². The zero-order chi connectivity index (χ0) is 34.8.